The molecule has 2 heteroatoms. The minimum Gasteiger partial charge on any atom is -0.427 e. The second-order valence-electron chi connectivity index (χ2n) is 5.85. The molecule has 0 atom stereocenters. The van der Waals surface area contributed by atoms with Crippen LogP contribution in [0.2, 0.25) is 0 Å². The van der Waals surface area contributed by atoms with Crippen LogP contribution in [0, 0.1) is 5.92 Å². The van der Waals surface area contributed by atoms with Gasteiger partial charge in [-0.1, -0.05) is 46.8 Å². The summed E-state index contributed by atoms with van der Waals surface area (Å²) in [5, 5.41) is 0. The number of hydrogen-bond acceptors (Lipinski definition) is 2. The SMILES string of the molecule is CC(C)CC(=O)Oc1ccc(C(C)(C)C)cc1. The van der Waals surface area contributed by atoms with Crippen molar-refractivity contribution in [2.45, 2.75) is 46.5 Å². The molecule has 1 aromatic rings. The van der Waals surface area contributed by atoms with E-state index < -0.39 is 0 Å². The maximum Gasteiger partial charge on any atom is 0.311 e. The Kier molecular flexibility index (Phi) is 4.33. The fourth-order valence-corrected chi connectivity index (χ4v) is 1.53. The lowest BCUT2D eigenvalue weighted by Gasteiger charge is -2.19. The number of carbonyl (C=O) groups is 1. The third-order valence-corrected chi connectivity index (χ3v) is 2.53. The van der Waals surface area contributed by atoms with Gasteiger partial charge in [0.15, 0.2) is 0 Å². The lowest BCUT2D eigenvalue weighted by atomic mass is 9.87. The summed E-state index contributed by atoms with van der Waals surface area (Å²) in [6.07, 6.45) is 0.459. The first-order valence-electron chi connectivity index (χ1n) is 6.10. The molecule has 0 fully saturated rings. The van der Waals surface area contributed by atoms with E-state index in [-0.39, 0.29) is 11.4 Å². The molecule has 2 nitrogen and oxygen atoms in total. The minimum atomic E-state index is -0.163. The number of rotatable bonds is 3. The molecule has 17 heavy (non-hydrogen) atoms. The molecule has 94 valence electrons. The fraction of sp³-hybridized carbons (Fsp3) is 0.533. The maximum absolute atomic E-state index is 11.5. The van der Waals surface area contributed by atoms with Crippen molar-refractivity contribution in [2.75, 3.05) is 0 Å². The van der Waals surface area contributed by atoms with Gasteiger partial charge in [0, 0.05) is 6.42 Å². The lowest BCUT2D eigenvalue weighted by molar-refractivity contribution is -0.135. The van der Waals surface area contributed by atoms with E-state index in [0.29, 0.717) is 18.1 Å². The van der Waals surface area contributed by atoms with E-state index in [2.05, 4.69) is 20.8 Å². The lowest BCUT2D eigenvalue weighted by Crippen LogP contribution is -2.12. The average molecular weight is 234 g/mol. The van der Waals surface area contributed by atoms with Crippen molar-refractivity contribution >= 4 is 5.97 Å². The van der Waals surface area contributed by atoms with Crippen LogP contribution in [0.3, 0.4) is 0 Å². The normalized spacial score (nSPS) is 11.6. The van der Waals surface area contributed by atoms with E-state index in [1.807, 2.05) is 38.1 Å². The van der Waals surface area contributed by atoms with Gasteiger partial charge in [-0.2, -0.15) is 0 Å². The van der Waals surface area contributed by atoms with Gasteiger partial charge in [-0.15, -0.1) is 0 Å². The molecule has 1 rings (SSSR count). The number of carbonyl (C=O) groups excluding carboxylic acids is 1. The summed E-state index contributed by atoms with van der Waals surface area (Å²) in [7, 11) is 0. The molecule has 0 heterocycles. The van der Waals surface area contributed by atoms with Crippen LogP contribution in [0.25, 0.3) is 0 Å². The standard InChI is InChI=1S/C15H22O2/c1-11(2)10-14(16)17-13-8-6-12(7-9-13)15(3,4)5/h6-9,11H,10H2,1-5H3. The third kappa shape index (κ3) is 4.59. The molecule has 0 amide bonds. The van der Waals surface area contributed by atoms with Crippen LogP contribution in [-0.2, 0) is 10.2 Å². The summed E-state index contributed by atoms with van der Waals surface area (Å²) < 4.78 is 5.25. The number of ether oxygens (including phenoxy) is 1. The molecule has 0 aromatic heterocycles. The zero-order valence-electron chi connectivity index (χ0n) is 11.4. The van der Waals surface area contributed by atoms with E-state index in [1.165, 1.54) is 5.56 Å². The van der Waals surface area contributed by atoms with Gasteiger partial charge in [0.05, 0.1) is 0 Å². The van der Waals surface area contributed by atoms with Crippen LogP contribution < -0.4 is 4.74 Å². The van der Waals surface area contributed by atoms with Crippen LogP contribution >= 0.6 is 0 Å². The first-order valence-corrected chi connectivity index (χ1v) is 6.10. The molecule has 0 aliphatic rings. The monoisotopic (exact) mass is 234 g/mol. The van der Waals surface area contributed by atoms with Gasteiger partial charge >= 0.3 is 5.97 Å². The van der Waals surface area contributed by atoms with Crippen molar-refractivity contribution < 1.29 is 9.53 Å². The quantitative estimate of drug-likeness (QED) is 0.585. The highest BCUT2D eigenvalue weighted by Gasteiger charge is 2.13. The minimum absolute atomic E-state index is 0.125. The molecule has 0 N–H and O–H groups in total. The van der Waals surface area contributed by atoms with Gasteiger partial charge in [0.25, 0.3) is 0 Å². The Hall–Kier alpha value is -1.31. The Morgan fingerprint density at radius 1 is 1.18 bits per heavy atom. The Labute approximate surface area is 104 Å². The summed E-state index contributed by atoms with van der Waals surface area (Å²) in [5.41, 5.74) is 1.36. The van der Waals surface area contributed by atoms with E-state index in [4.69, 9.17) is 4.74 Å². The van der Waals surface area contributed by atoms with Gasteiger partial charge in [0.1, 0.15) is 5.75 Å². The molecule has 0 spiro atoms. The van der Waals surface area contributed by atoms with Gasteiger partial charge in [-0.3, -0.25) is 4.79 Å². The molecule has 0 aliphatic heterocycles. The van der Waals surface area contributed by atoms with Crippen LogP contribution in [0.4, 0.5) is 0 Å². The van der Waals surface area contributed by atoms with Crippen LogP contribution in [0.5, 0.6) is 5.75 Å². The fourth-order valence-electron chi connectivity index (χ4n) is 1.53. The maximum atomic E-state index is 11.5. The van der Waals surface area contributed by atoms with Crippen molar-refractivity contribution in [1.29, 1.82) is 0 Å². The average Bonchev–Trinajstić information content (AvgIpc) is 2.15. The highest BCUT2D eigenvalue weighted by Crippen LogP contribution is 2.24. The summed E-state index contributed by atoms with van der Waals surface area (Å²) in [4.78, 5) is 11.5. The summed E-state index contributed by atoms with van der Waals surface area (Å²) in [6, 6.07) is 7.74. The van der Waals surface area contributed by atoms with Gasteiger partial charge in [-0.25, -0.2) is 0 Å². The Bertz CT molecular complexity index is 369. The molecule has 0 saturated carbocycles. The van der Waals surface area contributed by atoms with Crippen LogP contribution in [-0.4, -0.2) is 5.97 Å². The van der Waals surface area contributed by atoms with E-state index in [1.54, 1.807) is 0 Å². The molecular formula is C15H22O2. The summed E-state index contributed by atoms with van der Waals surface area (Å²) in [6.45, 7) is 10.5. The first kappa shape index (κ1) is 13.8. The second-order valence-corrected chi connectivity index (χ2v) is 5.85. The molecule has 0 unspecified atom stereocenters. The number of benzene rings is 1. The zero-order chi connectivity index (χ0) is 13.1. The highest BCUT2D eigenvalue weighted by molar-refractivity contribution is 5.72. The van der Waals surface area contributed by atoms with Gasteiger partial charge < -0.3 is 4.74 Å². The largest absolute Gasteiger partial charge is 0.427 e. The smallest absolute Gasteiger partial charge is 0.311 e. The molecule has 0 radical (unpaired) electrons. The van der Waals surface area contributed by atoms with Gasteiger partial charge in [0.2, 0.25) is 0 Å². The molecule has 0 bridgehead atoms. The van der Waals surface area contributed by atoms with Gasteiger partial charge in [-0.05, 0) is 29.0 Å². The van der Waals surface area contributed by atoms with Crippen molar-refractivity contribution in [3.63, 3.8) is 0 Å². The number of esters is 1. The Morgan fingerprint density at radius 3 is 2.12 bits per heavy atom. The summed E-state index contributed by atoms with van der Waals surface area (Å²) >= 11 is 0. The number of hydrogen-bond donors (Lipinski definition) is 0. The molecule has 0 aliphatic carbocycles. The van der Waals surface area contributed by atoms with Crippen LogP contribution in [0.15, 0.2) is 24.3 Å². The van der Waals surface area contributed by atoms with Crippen LogP contribution in [0.1, 0.15) is 46.6 Å². The molecule has 0 saturated heterocycles. The highest BCUT2D eigenvalue weighted by atomic mass is 16.5. The van der Waals surface area contributed by atoms with E-state index >= 15 is 0 Å². The summed E-state index contributed by atoms with van der Waals surface area (Å²) in [5.74, 6) is 0.795. The van der Waals surface area contributed by atoms with Crippen molar-refractivity contribution in [2.24, 2.45) is 5.92 Å². The van der Waals surface area contributed by atoms with Crippen molar-refractivity contribution in [3.05, 3.63) is 29.8 Å². The van der Waals surface area contributed by atoms with E-state index in [0.717, 1.165) is 0 Å². The van der Waals surface area contributed by atoms with E-state index in [9.17, 15) is 4.79 Å². The predicted molar refractivity (Wildman–Crippen MR) is 70.2 cm³/mol. The predicted octanol–water partition coefficient (Wildman–Crippen LogP) is 3.94. The van der Waals surface area contributed by atoms with Crippen molar-refractivity contribution in [1.82, 2.24) is 0 Å². The third-order valence-electron chi connectivity index (χ3n) is 2.53. The first-order chi connectivity index (χ1) is 7.79. The molecular weight excluding hydrogens is 212 g/mol. The molecule has 1 aromatic carbocycles. The van der Waals surface area contributed by atoms with Crippen molar-refractivity contribution in [3.8, 4) is 5.75 Å². The Balaban J connectivity index is 2.66. The zero-order valence-corrected chi connectivity index (χ0v) is 11.4. The second kappa shape index (κ2) is 5.35. The Morgan fingerprint density at radius 2 is 1.71 bits per heavy atom. The topological polar surface area (TPSA) is 26.3 Å².